The molecule has 2 saturated heterocycles. The molecule has 0 bridgehead atoms. The number of carbonyl (C=O) groups excluding carboxylic acids is 8. The van der Waals surface area contributed by atoms with E-state index in [2.05, 4.69) is 58.3 Å². The van der Waals surface area contributed by atoms with E-state index in [-0.39, 0.29) is 95.4 Å². The molecule has 4 aromatic rings. The average molecular weight is 1310 g/mol. The fraction of sp³-hybridized carbons (Fsp3) is 0.571. The molecule has 2 fully saturated rings. The normalized spacial score (nSPS) is 15.4. The minimum Gasteiger partial charge on any atom is -0.445 e. The highest BCUT2D eigenvalue weighted by Gasteiger charge is 2.50. The van der Waals surface area contributed by atoms with Crippen molar-refractivity contribution in [2.75, 3.05) is 123 Å². The van der Waals surface area contributed by atoms with Gasteiger partial charge in [-0.25, -0.2) is 28.0 Å². The van der Waals surface area contributed by atoms with Crippen LogP contribution in [0.4, 0.5) is 15.3 Å². The summed E-state index contributed by atoms with van der Waals surface area (Å²) in [7, 11) is -0.332. The van der Waals surface area contributed by atoms with E-state index in [0.717, 1.165) is 0 Å². The highest BCUT2D eigenvalue weighted by Crippen LogP contribution is 2.36. The van der Waals surface area contributed by atoms with Gasteiger partial charge in [0.05, 0.1) is 94.7 Å². The van der Waals surface area contributed by atoms with Crippen LogP contribution in [0.15, 0.2) is 55.2 Å². The van der Waals surface area contributed by atoms with E-state index in [0.29, 0.717) is 79.5 Å². The van der Waals surface area contributed by atoms with Gasteiger partial charge in [-0.3, -0.25) is 38.0 Å². The van der Waals surface area contributed by atoms with Crippen LogP contribution in [-0.4, -0.2) is 235 Å². The number of sulfonamides is 1. The molecule has 0 aliphatic carbocycles. The Morgan fingerprint density at radius 3 is 2.18 bits per heavy atom. The molecule has 32 heteroatoms. The van der Waals surface area contributed by atoms with Gasteiger partial charge in [-0.15, -0.1) is 0 Å². The zero-order chi connectivity index (χ0) is 64.0. The van der Waals surface area contributed by atoms with Crippen molar-refractivity contribution in [2.45, 2.75) is 83.1 Å². The molecule has 0 spiro atoms. The molecule has 30 nitrogen and oxygen atoms in total. The first-order chi connectivity index (χ1) is 42.1. The van der Waals surface area contributed by atoms with Crippen molar-refractivity contribution in [2.24, 2.45) is 11.7 Å². The Kier molecular flexibility index (Phi) is 26.5. The molecule has 1 aromatic carbocycles. The number of hydrogen-bond acceptors (Lipinski definition) is 19. The van der Waals surface area contributed by atoms with E-state index in [4.69, 9.17) is 29.4 Å². The molecule has 6 rings (SSSR count). The number of likely N-dealkylation sites (tertiary alicyclic amines) is 1. The molecule has 480 valence electrons. The number of amides is 8. The van der Waals surface area contributed by atoms with E-state index in [1.807, 2.05) is 0 Å². The van der Waals surface area contributed by atoms with Gasteiger partial charge in [0.15, 0.2) is 5.65 Å². The summed E-state index contributed by atoms with van der Waals surface area (Å²) >= 11 is 3.06. The van der Waals surface area contributed by atoms with E-state index >= 15 is 0 Å². The number of primary amides is 1. The maximum absolute atomic E-state index is 13.9. The number of nitrogens with two attached hydrogens (primary N) is 1. The van der Waals surface area contributed by atoms with Crippen molar-refractivity contribution in [3.05, 3.63) is 60.8 Å². The number of carbonyl (C=O) groups is 8. The highest BCUT2D eigenvalue weighted by atomic mass is 79.9. The summed E-state index contributed by atoms with van der Waals surface area (Å²) in [6.45, 7) is 8.11. The number of nitrogens with zero attached hydrogens (tertiary/aromatic N) is 10. The number of nitriles is 1. The number of nitrogens with one attached hydrogen (secondary N) is 4. The lowest BCUT2D eigenvalue weighted by molar-refractivity contribution is -0.143. The van der Waals surface area contributed by atoms with Crippen LogP contribution in [0.25, 0.3) is 22.3 Å². The van der Waals surface area contributed by atoms with Gasteiger partial charge in [0.25, 0.3) is 0 Å². The zero-order valence-electron chi connectivity index (χ0n) is 50.0. The number of ether oxygens (including phenoxy) is 5. The van der Waals surface area contributed by atoms with E-state index in [9.17, 15) is 52.0 Å². The lowest BCUT2D eigenvalue weighted by Crippen LogP contribution is -2.64. The molecule has 88 heavy (non-hydrogen) atoms. The van der Waals surface area contributed by atoms with Crippen molar-refractivity contribution in [1.82, 2.24) is 59.3 Å². The number of rotatable bonds is 35. The summed E-state index contributed by atoms with van der Waals surface area (Å²) < 4.78 is 56.5. The number of fused-ring (bicyclic) bond motifs is 1. The topological polar surface area (TPSA) is 376 Å². The Balaban J connectivity index is 0.902. The molecule has 6 N–H and O–H groups in total. The smallest absolute Gasteiger partial charge is 0.409 e. The van der Waals surface area contributed by atoms with Crippen LogP contribution in [0, 0.1) is 17.2 Å². The number of likely N-dealkylation sites (N-methyl/N-ethyl adjacent to an activating group) is 2. The number of alkyl halides is 1. The summed E-state index contributed by atoms with van der Waals surface area (Å²) in [4.78, 5) is 117. The lowest BCUT2D eigenvalue weighted by atomic mass is 9.89. The predicted octanol–water partition coefficient (Wildman–Crippen LogP) is 1.14. The van der Waals surface area contributed by atoms with Crippen LogP contribution >= 0.6 is 15.9 Å². The summed E-state index contributed by atoms with van der Waals surface area (Å²) in [5.74, 6) is -3.77. The monoisotopic (exact) mass is 1310 g/mol. The minimum absolute atomic E-state index is 0.00337. The molecule has 0 radical (unpaired) electrons. The van der Waals surface area contributed by atoms with Crippen molar-refractivity contribution in [3.63, 3.8) is 0 Å². The Morgan fingerprint density at radius 1 is 0.886 bits per heavy atom. The van der Waals surface area contributed by atoms with Crippen LogP contribution < -0.4 is 27.0 Å². The number of hydrogen-bond donors (Lipinski definition) is 5. The zero-order valence-corrected chi connectivity index (χ0v) is 52.4. The van der Waals surface area contributed by atoms with Crippen LogP contribution in [0.5, 0.6) is 0 Å². The van der Waals surface area contributed by atoms with Gasteiger partial charge < -0.3 is 65.4 Å². The Morgan fingerprint density at radius 2 is 1.55 bits per heavy atom. The van der Waals surface area contributed by atoms with Crippen molar-refractivity contribution >= 4 is 90.2 Å². The molecule has 5 heterocycles. The van der Waals surface area contributed by atoms with Gasteiger partial charge in [-0.2, -0.15) is 14.7 Å². The maximum Gasteiger partial charge on any atom is 0.409 e. The summed E-state index contributed by atoms with van der Waals surface area (Å²) in [5.41, 5.74) is 7.01. The third-order valence-corrected chi connectivity index (χ3v) is 16.8. The molecule has 3 atom stereocenters. The lowest BCUT2D eigenvalue weighted by Gasteiger charge is -2.47. The van der Waals surface area contributed by atoms with Gasteiger partial charge >= 0.3 is 12.1 Å². The highest BCUT2D eigenvalue weighted by molar-refractivity contribution is 9.09. The largest absolute Gasteiger partial charge is 0.445 e. The van der Waals surface area contributed by atoms with E-state index in [1.165, 1.54) is 36.9 Å². The first-order valence-corrected chi connectivity index (χ1v) is 31.4. The number of halogens is 1. The minimum atomic E-state index is -3.44. The van der Waals surface area contributed by atoms with Crippen LogP contribution in [0.2, 0.25) is 0 Å². The van der Waals surface area contributed by atoms with Crippen molar-refractivity contribution < 1.29 is 70.5 Å². The predicted molar refractivity (Wildman–Crippen MR) is 321 cm³/mol. The van der Waals surface area contributed by atoms with Crippen LogP contribution in [0.1, 0.15) is 58.4 Å². The number of aromatic nitrogens is 5. The fourth-order valence-corrected chi connectivity index (χ4v) is 11.0. The standard InChI is InChI=1S/C56H78BrN15O15S/c1-6-88(81,82)69-35-56(36-69,15-16-58)72-33-40(32-63-72)49-42-13-19-71(50(42)62-37-61-49)54(79)67(4)20-21-68(5)55(80)87-34-39-9-11-41(12-10-39)64-52(77)48(38(2)3)66-51(76)44-8-7-18-70(44)53(78)43(30-45(59)73)65-46(74)14-22-83-24-26-85-28-29-86-27-25-84-23-17-60-47(75)31-57/h9-13,19,32-33,37-38,43-44,48H,6-8,14-15,17-18,20-31,34-36H2,1-5H3,(H2,59,73)(H,60,75)(H,64,77)(H,65,74)(H,66,76)/t43?,44-,48-/m0/s1. The second-order valence-electron chi connectivity index (χ2n) is 21.3. The van der Waals surface area contributed by atoms with Crippen molar-refractivity contribution in [1.29, 1.82) is 5.26 Å². The molecule has 1 unspecified atom stereocenters. The molecule has 8 amide bonds. The SMILES string of the molecule is CCS(=O)(=O)N1CC(CC#N)(n2cc(-c3ncnc4c3ccn4C(=O)N(C)CCN(C)C(=O)OCc3ccc(NC(=O)[C@@H](NC(=O)[C@@H]4CCCN4C(=O)C(CC(N)=O)NC(=O)CCOCCOCCOCCOCCNC(=O)CBr)C(C)C)cc3)cn2)C1. The molecule has 0 saturated carbocycles. The fourth-order valence-electron chi connectivity index (χ4n) is 9.54. The third-order valence-electron chi connectivity index (χ3n) is 14.5. The Hall–Kier alpha value is -7.67. The van der Waals surface area contributed by atoms with Crippen LogP contribution in [-0.2, 0) is 74.6 Å². The molecule has 2 aliphatic heterocycles. The van der Waals surface area contributed by atoms with Crippen LogP contribution in [0.3, 0.4) is 0 Å². The average Bonchev–Trinajstić information content (AvgIpc) is 1.66. The molecule has 3 aromatic heterocycles. The van der Waals surface area contributed by atoms with Crippen molar-refractivity contribution in [3.8, 4) is 17.3 Å². The second kappa shape index (κ2) is 33.6. The van der Waals surface area contributed by atoms with E-state index < -0.39 is 87.7 Å². The number of benzene rings is 1. The van der Waals surface area contributed by atoms with Gasteiger partial charge in [0.1, 0.15) is 36.6 Å². The van der Waals surface area contributed by atoms with Gasteiger partial charge in [0.2, 0.25) is 45.5 Å². The third kappa shape index (κ3) is 19.4. The van der Waals surface area contributed by atoms with Gasteiger partial charge in [-0.05, 0) is 49.4 Å². The molecular formula is C56H78BrN15O15S. The quantitative estimate of drug-likeness (QED) is 0.0318. The van der Waals surface area contributed by atoms with E-state index in [1.54, 1.807) is 81.4 Å². The maximum atomic E-state index is 13.9. The summed E-state index contributed by atoms with van der Waals surface area (Å²) in [6, 6.07) is 6.57. The molecule has 2 aliphatic rings. The summed E-state index contributed by atoms with van der Waals surface area (Å²) in [6.07, 6.45) is 5.62. The molecular weight excluding hydrogens is 1230 g/mol. The second-order valence-corrected chi connectivity index (χ2v) is 24.1. The first-order valence-electron chi connectivity index (χ1n) is 28.7. The number of anilines is 1. The van der Waals surface area contributed by atoms with Gasteiger partial charge in [0, 0.05) is 88.8 Å². The summed E-state index contributed by atoms with van der Waals surface area (Å²) in [5, 5.41) is 25.7. The Bertz CT molecular complexity index is 3210. The Labute approximate surface area is 518 Å². The first kappa shape index (κ1) is 69.4. The van der Waals surface area contributed by atoms with Gasteiger partial charge in [-0.1, -0.05) is 41.9 Å².